The van der Waals surface area contributed by atoms with Crippen molar-refractivity contribution in [3.05, 3.63) is 33.5 Å². The molecule has 2 rings (SSSR count). The molecule has 0 spiro atoms. The third kappa shape index (κ3) is 3.26. The summed E-state index contributed by atoms with van der Waals surface area (Å²) in [5, 5.41) is 19.9. The third-order valence-electron chi connectivity index (χ3n) is 2.39. The van der Waals surface area contributed by atoms with E-state index in [9.17, 15) is 9.59 Å². The van der Waals surface area contributed by atoms with Crippen LogP contribution in [-0.2, 0) is 9.59 Å². The van der Waals surface area contributed by atoms with Crippen molar-refractivity contribution in [1.29, 1.82) is 0 Å². The fourth-order valence-electron chi connectivity index (χ4n) is 1.46. The lowest BCUT2D eigenvalue weighted by atomic mass is 10.2. The SMILES string of the molecule is O=C(O)C(=CNC1=Nc2ccc(I)cc2OC1)C(=O)O. The van der Waals surface area contributed by atoms with E-state index in [1.165, 1.54) is 0 Å². The zero-order valence-corrected chi connectivity index (χ0v) is 12.1. The van der Waals surface area contributed by atoms with Gasteiger partial charge in [-0.1, -0.05) is 0 Å². The molecule has 0 aliphatic carbocycles. The van der Waals surface area contributed by atoms with Crippen LogP contribution in [0.4, 0.5) is 5.69 Å². The first kappa shape index (κ1) is 14.3. The molecule has 1 aliphatic rings. The van der Waals surface area contributed by atoms with Crippen LogP contribution in [0, 0.1) is 3.57 Å². The Morgan fingerprint density at radius 1 is 1.35 bits per heavy atom. The third-order valence-corrected chi connectivity index (χ3v) is 3.06. The zero-order valence-electron chi connectivity index (χ0n) is 9.96. The highest BCUT2D eigenvalue weighted by Crippen LogP contribution is 2.31. The van der Waals surface area contributed by atoms with Crippen molar-refractivity contribution in [2.24, 2.45) is 4.99 Å². The lowest BCUT2D eigenvalue weighted by molar-refractivity contribution is -0.140. The lowest BCUT2D eigenvalue weighted by Crippen LogP contribution is -2.28. The maximum Gasteiger partial charge on any atom is 0.344 e. The minimum Gasteiger partial charge on any atom is -0.483 e. The molecule has 1 aromatic rings. The van der Waals surface area contributed by atoms with Crippen LogP contribution in [0.3, 0.4) is 0 Å². The summed E-state index contributed by atoms with van der Waals surface area (Å²) in [7, 11) is 0. The van der Waals surface area contributed by atoms with Gasteiger partial charge in [0.05, 0.1) is 0 Å². The number of amidine groups is 1. The number of hydrogen-bond acceptors (Lipinski definition) is 5. The molecule has 7 nitrogen and oxygen atoms in total. The Balaban J connectivity index is 2.20. The van der Waals surface area contributed by atoms with Gasteiger partial charge in [0, 0.05) is 9.77 Å². The van der Waals surface area contributed by atoms with E-state index in [2.05, 4.69) is 32.9 Å². The van der Waals surface area contributed by atoms with Crippen molar-refractivity contribution in [3.8, 4) is 5.75 Å². The van der Waals surface area contributed by atoms with E-state index in [0.717, 1.165) is 9.77 Å². The molecule has 0 saturated heterocycles. The smallest absolute Gasteiger partial charge is 0.344 e. The number of benzene rings is 1. The number of ether oxygens (including phenoxy) is 1. The van der Waals surface area contributed by atoms with Gasteiger partial charge in [-0.05, 0) is 40.8 Å². The quantitative estimate of drug-likeness (QED) is 0.312. The molecule has 1 aliphatic heterocycles. The molecule has 1 heterocycles. The van der Waals surface area contributed by atoms with Gasteiger partial charge in [0.25, 0.3) is 0 Å². The molecule has 3 N–H and O–H groups in total. The highest BCUT2D eigenvalue weighted by atomic mass is 127. The number of nitrogens with zero attached hydrogens (tertiary/aromatic N) is 1. The van der Waals surface area contributed by atoms with Gasteiger partial charge in [0.15, 0.2) is 5.57 Å². The predicted molar refractivity (Wildman–Crippen MR) is 78.2 cm³/mol. The standard InChI is InChI=1S/C12H9IN2O5/c13-6-1-2-8-9(3-6)20-5-10(15-8)14-4-7(11(16)17)12(18)19/h1-4H,5H2,(H,14,15)(H,16,17)(H,18,19). The van der Waals surface area contributed by atoms with Crippen LogP contribution in [0.25, 0.3) is 0 Å². The van der Waals surface area contributed by atoms with E-state index in [0.29, 0.717) is 17.3 Å². The van der Waals surface area contributed by atoms with Crippen molar-refractivity contribution in [2.75, 3.05) is 6.61 Å². The topological polar surface area (TPSA) is 108 Å². The number of aliphatic imine (C=N–C) groups is 1. The Hall–Kier alpha value is -2.10. The largest absolute Gasteiger partial charge is 0.483 e. The predicted octanol–water partition coefficient (Wildman–Crippen LogP) is 1.36. The molecule has 20 heavy (non-hydrogen) atoms. The summed E-state index contributed by atoms with van der Waals surface area (Å²) < 4.78 is 6.45. The number of halogens is 1. The number of carboxylic acids is 2. The second-order valence-electron chi connectivity index (χ2n) is 3.77. The summed E-state index contributed by atoms with van der Waals surface area (Å²) in [6.07, 6.45) is 0.880. The maximum absolute atomic E-state index is 10.7. The molecular formula is C12H9IN2O5. The van der Waals surface area contributed by atoms with Crippen LogP contribution in [0.1, 0.15) is 0 Å². The molecule has 104 valence electrons. The van der Waals surface area contributed by atoms with Gasteiger partial charge in [-0.2, -0.15) is 0 Å². The van der Waals surface area contributed by atoms with E-state index in [-0.39, 0.29) is 6.61 Å². The molecule has 0 fully saturated rings. The first-order valence-corrected chi connectivity index (χ1v) is 6.48. The van der Waals surface area contributed by atoms with Crippen LogP contribution >= 0.6 is 22.6 Å². The Morgan fingerprint density at radius 2 is 2.05 bits per heavy atom. The minimum absolute atomic E-state index is 0.107. The fraction of sp³-hybridized carbons (Fsp3) is 0.0833. The molecular weight excluding hydrogens is 379 g/mol. The summed E-state index contributed by atoms with van der Waals surface area (Å²) in [6.45, 7) is 0.107. The van der Waals surface area contributed by atoms with Gasteiger partial charge in [0.2, 0.25) is 0 Å². The van der Waals surface area contributed by atoms with Crippen LogP contribution in [0.2, 0.25) is 0 Å². The molecule has 0 radical (unpaired) electrons. The van der Waals surface area contributed by atoms with Gasteiger partial charge in [-0.25, -0.2) is 14.6 Å². The van der Waals surface area contributed by atoms with Crippen LogP contribution in [0.15, 0.2) is 35.0 Å². The Kier molecular flexibility index (Phi) is 4.23. The monoisotopic (exact) mass is 388 g/mol. The molecule has 0 atom stereocenters. The van der Waals surface area contributed by atoms with Gasteiger partial charge in [-0.15, -0.1) is 0 Å². The summed E-state index contributed by atoms with van der Waals surface area (Å²) in [5.74, 6) is -2.10. The molecule has 0 bridgehead atoms. The minimum atomic E-state index is -1.53. The molecule has 1 aromatic carbocycles. The van der Waals surface area contributed by atoms with E-state index in [4.69, 9.17) is 14.9 Å². The molecule has 0 unspecified atom stereocenters. The number of rotatable bonds is 3. The van der Waals surface area contributed by atoms with E-state index in [1.807, 2.05) is 12.1 Å². The van der Waals surface area contributed by atoms with Crippen molar-refractivity contribution in [1.82, 2.24) is 5.32 Å². The van der Waals surface area contributed by atoms with Crippen LogP contribution in [-0.4, -0.2) is 34.6 Å². The zero-order chi connectivity index (χ0) is 14.7. The summed E-state index contributed by atoms with van der Waals surface area (Å²) in [5.41, 5.74) is -0.180. The van der Waals surface area contributed by atoms with Gasteiger partial charge in [-0.3, -0.25) is 0 Å². The van der Waals surface area contributed by atoms with Crippen LogP contribution in [0.5, 0.6) is 5.75 Å². The number of nitrogens with one attached hydrogen (secondary N) is 1. The van der Waals surface area contributed by atoms with Gasteiger partial charge < -0.3 is 20.3 Å². The van der Waals surface area contributed by atoms with E-state index >= 15 is 0 Å². The van der Waals surface area contributed by atoms with Gasteiger partial charge in [0.1, 0.15) is 23.9 Å². The van der Waals surface area contributed by atoms with Crippen LogP contribution < -0.4 is 10.1 Å². The van der Waals surface area contributed by atoms with Crippen molar-refractivity contribution >= 4 is 46.1 Å². The number of fused-ring (bicyclic) bond motifs is 1. The van der Waals surface area contributed by atoms with E-state index in [1.54, 1.807) is 6.07 Å². The second kappa shape index (κ2) is 5.90. The Morgan fingerprint density at radius 3 is 2.70 bits per heavy atom. The molecule has 0 aromatic heterocycles. The lowest BCUT2D eigenvalue weighted by Gasteiger charge is -2.17. The molecule has 0 saturated carbocycles. The average Bonchev–Trinajstić information content (AvgIpc) is 2.38. The number of aliphatic carboxylic acids is 2. The number of carboxylic acid groups (broad SMARTS) is 2. The van der Waals surface area contributed by atoms with Crippen molar-refractivity contribution in [3.63, 3.8) is 0 Å². The first-order valence-electron chi connectivity index (χ1n) is 5.40. The summed E-state index contributed by atoms with van der Waals surface area (Å²) >= 11 is 2.15. The summed E-state index contributed by atoms with van der Waals surface area (Å²) in [4.78, 5) is 25.6. The fourth-order valence-corrected chi connectivity index (χ4v) is 1.93. The van der Waals surface area contributed by atoms with Gasteiger partial charge >= 0.3 is 11.9 Å². The number of carbonyl (C=O) groups is 2. The normalized spacial score (nSPS) is 12.6. The highest BCUT2D eigenvalue weighted by molar-refractivity contribution is 14.1. The second-order valence-corrected chi connectivity index (χ2v) is 5.02. The average molecular weight is 388 g/mol. The first-order chi connectivity index (χ1) is 9.47. The van der Waals surface area contributed by atoms with Crippen molar-refractivity contribution < 1.29 is 24.5 Å². The highest BCUT2D eigenvalue weighted by Gasteiger charge is 2.17. The maximum atomic E-state index is 10.7. The van der Waals surface area contributed by atoms with Crippen molar-refractivity contribution in [2.45, 2.75) is 0 Å². The number of hydrogen-bond donors (Lipinski definition) is 3. The molecule has 8 heteroatoms. The Bertz CT molecular complexity index is 623. The summed E-state index contributed by atoms with van der Waals surface area (Å²) in [6, 6.07) is 5.44. The molecule has 0 amide bonds. The van der Waals surface area contributed by atoms with E-state index < -0.39 is 17.5 Å². The Labute approximate surface area is 127 Å².